The fourth-order valence-electron chi connectivity index (χ4n) is 2.14. The number of hydrogen-bond donors (Lipinski definition) is 0. The van der Waals surface area contributed by atoms with Gasteiger partial charge in [-0.15, -0.1) is 0 Å². The summed E-state index contributed by atoms with van der Waals surface area (Å²) in [4.78, 5) is 12.0. The van der Waals surface area contributed by atoms with Gasteiger partial charge in [0.1, 0.15) is 19.0 Å². The summed E-state index contributed by atoms with van der Waals surface area (Å²) in [5, 5.41) is 0.426. The van der Waals surface area contributed by atoms with Gasteiger partial charge in [0.05, 0.1) is 5.02 Å². The Morgan fingerprint density at radius 1 is 1.18 bits per heavy atom. The first-order chi connectivity index (χ1) is 10.6. The maximum absolute atomic E-state index is 13.1. The second-order valence-electron chi connectivity index (χ2n) is 4.73. The lowest BCUT2D eigenvalue weighted by Gasteiger charge is -2.19. The molecule has 0 bridgehead atoms. The third kappa shape index (κ3) is 3.12. The van der Waals surface area contributed by atoms with E-state index in [2.05, 4.69) is 0 Å². The van der Waals surface area contributed by atoms with E-state index < -0.39 is 5.82 Å². The Hall–Kier alpha value is -2.33. The number of allylic oxidation sites excluding steroid dienone is 1. The number of halogens is 2. The minimum Gasteiger partial charge on any atom is -0.486 e. The van der Waals surface area contributed by atoms with Gasteiger partial charge in [-0.2, -0.15) is 0 Å². The number of carbonyl (C=O) groups excluding carboxylic acids is 1. The molecule has 0 amide bonds. The van der Waals surface area contributed by atoms with Crippen molar-refractivity contribution in [1.29, 1.82) is 0 Å². The molecular formula is C17H12ClFO3. The van der Waals surface area contributed by atoms with E-state index in [1.54, 1.807) is 24.3 Å². The van der Waals surface area contributed by atoms with Gasteiger partial charge in [0.15, 0.2) is 17.3 Å². The highest BCUT2D eigenvalue weighted by molar-refractivity contribution is 6.32. The maximum Gasteiger partial charge on any atom is 0.185 e. The molecule has 5 heteroatoms. The highest BCUT2D eigenvalue weighted by atomic mass is 35.5. The molecule has 0 aromatic heterocycles. The molecule has 0 radical (unpaired) electrons. The van der Waals surface area contributed by atoms with Crippen LogP contribution < -0.4 is 9.47 Å². The van der Waals surface area contributed by atoms with E-state index in [1.807, 2.05) is 0 Å². The molecule has 2 aromatic carbocycles. The summed E-state index contributed by atoms with van der Waals surface area (Å²) in [6.45, 7) is 0.915. The first-order valence-electron chi connectivity index (χ1n) is 6.70. The van der Waals surface area contributed by atoms with Crippen molar-refractivity contribution in [3.8, 4) is 11.5 Å². The third-order valence-corrected chi connectivity index (χ3v) is 3.44. The zero-order valence-electron chi connectivity index (χ0n) is 11.5. The van der Waals surface area contributed by atoms with E-state index in [4.69, 9.17) is 21.1 Å². The van der Waals surface area contributed by atoms with Crippen LogP contribution in [0.5, 0.6) is 11.5 Å². The van der Waals surface area contributed by atoms with E-state index in [9.17, 15) is 9.18 Å². The van der Waals surface area contributed by atoms with Crippen LogP contribution in [-0.2, 0) is 0 Å². The van der Waals surface area contributed by atoms with Crippen molar-refractivity contribution in [3.63, 3.8) is 0 Å². The quantitative estimate of drug-likeness (QED) is 0.630. The van der Waals surface area contributed by atoms with E-state index in [-0.39, 0.29) is 5.78 Å². The predicted octanol–water partition coefficient (Wildman–Crippen LogP) is 4.15. The van der Waals surface area contributed by atoms with Crippen LogP contribution in [0.15, 0.2) is 42.5 Å². The van der Waals surface area contributed by atoms with E-state index in [0.29, 0.717) is 40.9 Å². The predicted molar refractivity (Wildman–Crippen MR) is 82.2 cm³/mol. The Kier molecular flexibility index (Phi) is 4.11. The van der Waals surface area contributed by atoms with Crippen molar-refractivity contribution in [3.05, 3.63) is 64.4 Å². The molecule has 0 fully saturated rings. The molecule has 0 saturated carbocycles. The molecule has 112 valence electrons. The summed E-state index contributed by atoms with van der Waals surface area (Å²) < 4.78 is 24.0. The van der Waals surface area contributed by atoms with Crippen molar-refractivity contribution >= 4 is 23.5 Å². The summed E-state index contributed by atoms with van der Waals surface area (Å²) in [5.74, 6) is 0.338. The number of carbonyl (C=O) groups is 1. The standard InChI is InChI=1S/C17H12ClFO3/c18-14-8-11(9-16-17(14)22-7-6-21-16)4-5-15(20)12-2-1-3-13(19)10-12/h1-5,8-10H,6-7H2/b5-4+. The van der Waals surface area contributed by atoms with Gasteiger partial charge in [0, 0.05) is 5.56 Å². The van der Waals surface area contributed by atoms with Crippen LogP contribution in [0.1, 0.15) is 15.9 Å². The van der Waals surface area contributed by atoms with Gasteiger partial charge in [-0.25, -0.2) is 4.39 Å². The molecule has 0 spiro atoms. The number of fused-ring (bicyclic) bond motifs is 1. The highest BCUT2D eigenvalue weighted by Gasteiger charge is 2.16. The fourth-order valence-corrected chi connectivity index (χ4v) is 2.41. The van der Waals surface area contributed by atoms with Gasteiger partial charge in [-0.05, 0) is 35.9 Å². The lowest BCUT2D eigenvalue weighted by atomic mass is 10.1. The summed E-state index contributed by atoms with van der Waals surface area (Å²) in [5.41, 5.74) is 0.999. The minimum atomic E-state index is -0.443. The maximum atomic E-state index is 13.1. The smallest absolute Gasteiger partial charge is 0.185 e. The molecule has 1 heterocycles. The molecule has 1 aliphatic rings. The Morgan fingerprint density at radius 2 is 2.00 bits per heavy atom. The van der Waals surface area contributed by atoms with Gasteiger partial charge in [-0.3, -0.25) is 4.79 Å². The molecule has 0 saturated heterocycles. The third-order valence-electron chi connectivity index (χ3n) is 3.16. The van der Waals surface area contributed by atoms with E-state index in [0.717, 1.165) is 0 Å². The van der Waals surface area contributed by atoms with Crippen molar-refractivity contribution in [1.82, 2.24) is 0 Å². The van der Waals surface area contributed by atoms with E-state index in [1.165, 1.54) is 24.3 Å². The largest absolute Gasteiger partial charge is 0.486 e. The van der Waals surface area contributed by atoms with Crippen LogP contribution in [0.25, 0.3) is 6.08 Å². The molecule has 3 nitrogen and oxygen atoms in total. The molecule has 0 unspecified atom stereocenters. The highest BCUT2D eigenvalue weighted by Crippen LogP contribution is 2.38. The monoisotopic (exact) mass is 318 g/mol. The number of benzene rings is 2. The number of ether oxygens (including phenoxy) is 2. The van der Waals surface area contributed by atoms with Gasteiger partial charge < -0.3 is 9.47 Å². The lowest BCUT2D eigenvalue weighted by Crippen LogP contribution is -2.15. The number of rotatable bonds is 3. The normalized spacial score (nSPS) is 13.4. The molecule has 22 heavy (non-hydrogen) atoms. The SMILES string of the molecule is O=C(/C=C/c1cc(Cl)c2c(c1)OCCO2)c1cccc(F)c1. The van der Waals surface area contributed by atoms with Gasteiger partial charge in [0.25, 0.3) is 0 Å². The molecule has 2 aromatic rings. The molecular weight excluding hydrogens is 307 g/mol. The van der Waals surface area contributed by atoms with Crippen molar-refractivity contribution in [2.45, 2.75) is 0 Å². The zero-order chi connectivity index (χ0) is 15.5. The molecule has 0 aliphatic carbocycles. The average molecular weight is 319 g/mol. The van der Waals surface area contributed by atoms with Crippen LogP contribution in [-0.4, -0.2) is 19.0 Å². The zero-order valence-corrected chi connectivity index (χ0v) is 12.3. The van der Waals surface area contributed by atoms with Crippen LogP contribution >= 0.6 is 11.6 Å². The Morgan fingerprint density at radius 3 is 2.82 bits per heavy atom. The first-order valence-corrected chi connectivity index (χ1v) is 7.08. The van der Waals surface area contributed by atoms with Gasteiger partial charge >= 0.3 is 0 Å². The van der Waals surface area contributed by atoms with E-state index >= 15 is 0 Å². The Balaban J connectivity index is 1.83. The van der Waals surface area contributed by atoms with Crippen molar-refractivity contribution in [2.75, 3.05) is 13.2 Å². The fraction of sp³-hybridized carbons (Fsp3) is 0.118. The second-order valence-corrected chi connectivity index (χ2v) is 5.14. The topological polar surface area (TPSA) is 35.5 Å². The first kappa shape index (κ1) is 14.6. The summed E-state index contributed by atoms with van der Waals surface area (Å²) in [6, 6.07) is 8.98. The number of hydrogen-bond acceptors (Lipinski definition) is 3. The number of ketones is 1. The van der Waals surface area contributed by atoms with Crippen LogP contribution in [0, 0.1) is 5.82 Å². The summed E-state index contributed by atoms with van der Waals surface area (Å²) >= 11 is 6.13. The van der Waals surface area contributed by atoms with Crippen LogP contribution in [0.4, 0.5) is 4.39 Å². The average Bonchev–Trinajstić information content (AvgIpc) is 2.53. The summed E-state index contributed by atoms with van der Waals surface area (Å²) in [7, 11) is 0. The Labute approximate surface area is 131 Å². The second kappa shape index (κ2) is 6.20. The van der Waals surface area contributed by atoms with Crippen molar-refractivity contribution < 1.29 is 18.7 Å². The van der Waals surface area contributed by atoms with Crippen molar-refractivity contribution in [2.24, 2.45) is 0 Å². The van der Waals surface area contributed by atoms with Crippen LogP contribution in [0.2, 0.25) is 5.02 Å². The van der Waals surface area contributed by atoms with Gasteiger partial charge in [-0.1, -0.05) is 29.8 Å². The molecule has 0 N–H and O–H groups in total. The summed E-state index contributed by atoms with van der Waals surface area (Å²) in [6.07, 6.45) is 2.98. The van der Waals surface area contributed by atoms with Gasteiger partial charge in [0.2, 0.25) is 0 Å². The molecule has 0 atom stereocenters. The minimum absolute atomic E-state index is 0.287. The molecule has 3 rings (SSSR count). The lowest BCUT2D eigenvalue weighted by molar-refractivity contribution is 0.104. The Bertz CT molecular complexity index is 756. The van der Waals surface area contributed by atoms with Crippen LogP contribution in [0.3, 0.4) is 0 Å². The molecule has 1 aliphatic heterocycles.